The Hall–Kier alpha value is -1.15. The van der Waals surface area contributed by atoms with Crippen LogP contribution in [0.15, 0.2) is 24.3 Å². The molecular weight excluding hydrogens is 222 g/mol. The molecule has 0 amide bonds. The van der Waals surface area contributed by atoms with Gasteiger partial charge in [-0.25, -0.2) is 0 Å². The number of ketones is 1. The van der Waals surface area contributed by atoms with Gasteiger partial charge in [0.1, 0.15) is 0 Å². The Kier molecular flexibility index (Phi) is 4.54. The monoisotopic (exact) mass is 245 g/mol. The van der Waals surface area contributed by atoms with E-state index in [0.717, 1.165) is 30.1 Å². The molecule has 98 valence electrons. The van der Waals surface area contributed by atoms with Crippen LogP contribution >= 0.6 is 0 Å². The highest BCUT2D eigenvalue weighted by molar-refractivity contribution is 5.98. The van der Waals surface area contributed by atoms with E-state index in [-0.39, 0.29) is 5.78 Å². The summed E-state index contributed by atoms with van der Waals surface area (Å²) in [4.78, 5) is 14.6. The van der Waals surface area contributed by atoms with Crippen molar-refractivity contribution >= 4 is 5.78 Å². The molecule has 0 bridgehead atoms. The number of aryl methyl sites for hydroxylation is 1. The fourth-order valence-electron chi connectivity index (χ4n) is 2.65. The quantitative estimate of drug-likeness (QED) is 0.762. The maximum atomic E-state index is 12.3. The molecule has 18 heavy (non-hydrogen) atoms. The molecule has 0 spiro atoms. The van der Waals surface area contributed by atoms with E-state index in [1.54, 1.807) is 0 Å². The van der Waals surface area contributed by atoms with Crippen LogP contribution in [0.25, 0.3) is 0 Å². The highest BCUT2D eigenvalue weighted by atomic mass is 16.1. The summed E-state index contributed by atoms with van der Waals surface area (Å²) in [6.45, 7) is 7.04. The molecule has 0 radical (unpaired) electrons. The summed E-state index contributed by atoms with van der Waals surface area (Å²) in [5.74, 6) is 1.08. The van der Waals surface area contributed by atoms with Gasteiger partial charge in [-0.2, -0.15) is 0 Å². The average molecular weight is 245 g/mol. The third kappa shape index (κ3) is 3.42. The van der Waals surface area contributed by atoms with Gasteiger partial charge in [-0.3, -0.25) is 9.69 Å². The first-order valence-electron chi connectivity index (χ1n) is 6.98. The fraction of sp³-hybridized carbons (Fsp3) is 0.562. The number of benzene rings is 1. The molecule has 1 fully saturated rings. The van der Waals surface area contributed by atoms with Crippen LogP contribution in [0.3, 0.4) is 0 Å². The lowest BCUT2D eigenvalue weighted by Gasteiger charge is -2.19. The Labute approximate surface area is 110 Å². The van der Waals surface area contributed by atoms with Crippen LogP contribution in [-0.2, 0) is 0 Å². The largest absolute Gasteiger partial charge is 0.296 e. The number of rotatable bonds is 3. The number of carbonyl (C=O) groups excluding carboxylic acids is 1. The molecule has 1 aromatic carbocycles. The summed E-state index contributed by atoms with van der Waals surface area (Å²) in [7, 11) is 0. The highest BCUT2D eigenvalue weighted by Crippen LogP contribution is 2.17. The van der Waals surface area contributed by atoms with E-state index in [9.17, 15) is 4.79 Å². The van der Waals surface area contributed by atoms with E-state index < -0.39 is 0 Å². The number of hydrogen-bond acceptors (Lipinski definition) is 2. The first kappa shape index (κ1) is 13.3. The van der Waals surface area contributed by atoms with Crippen LogP contribution in [0.2, 0.25) is 0 Å². The minimum Gasteiger partial charge on any atom is -0.296 e. The maximum absolute atomic E-state index is 12.3. The van der Waals surface area contributed by atoms with Crippen molar-refractivity contribution in [2.75, 3.05) is 19.6 Å². The van der Waals surface area contributed by atoms with Crippen LogP contribution in [0, 0.1) is 12.8 Å². The first-order valence-corrected chi connectivity index (χ1v) is 6.98. The lowest BCUT2D eigenvalue weighted by molar-refractivity contribution is 0.0932. The molecule has 0 N–H and O–H groups in total. The fourth-order valence-corrected chi connectivity index (χ4v) is 2.65. The van der Waals surface area contributed by atoms with Crippen molar-refractivity contribution in [2.45, 2.75) is 33.1 Å². The van der Waals surface area contributed by atoms with Gasteiger partial charge in [0.2, 0.25) is 0 Å². The zero-order valence-corrected chi connectivity index (χ0v) is 11.5. The highest BCUT2D eigenvalue weighted by Gasteiger charge is 2.17. The Balaban J connectivity index is 1.97. The Morgan fingerprint density at radius 3 is 2.83 bits per heavy atom. The number of nitrogens with zero attached hydrogens (tertiary/aromatic N) is 1. The molecule has 1 unspecified atom stereocenters. The van der Waals surface area contributed by atoms with E-state index in [2.05, 4.69) is 11.8 Å². The minimum absolute atomic E-state index is 0.266. The number of likely N-dealkylation sites (tertiary alicyclic amines) is 1. The van der Waals surface area contributed by atoms with Gasteiger partial charge in [-0.05, 0) is 50.8 Å². The molecule has 0 aliphatic carbocycles. The molecule has 1 aliphatic rings. The summed E-state index contributed by atoms with van der Waals surface area (Å²) in [5.41, 5.74) is 1.97. The third-order valence-corrected chi connectivity index (χ3v) is 3.92. The predicted octanol–water partition coefficient (Wildman–Crippen LogP) is 3.30. The molecule has 2 nitrogen and oxygen atoms in total. The van der Waals surface area contributed by atoms with Crippen LogP contribution in [0.5, 0.6) is 0 Å². The zero-order chi connectivity index (χ0) is 13.0. The minimum atomic E-state index is 0.266. The normalized spacial score (nSPS) is 21.6. The van der Waals surface area contributed by atoms with E-state index >= 15 is 0 Å². The van der Waals surface area contributed by atoms with E-state index in [0.29, 0.717) is 6.54 Å². The SMILES string of the molecule is Cc1ccccc1C(=O)CN1CCCC(C)CC1. The van der Waals surface area contributed by atoms with Gasteiger partial charge in [0.25, 0.3) is 0 Å². The van der Waals surface area contributed by atoms with Crippen LogP contribution in [-0.4, -0.2) is 30.3 Å². The predicted molar refractivity (Wildman–Crippen MR) is 75.0 cm³/mol. The second-order valence-corrected chi connectivity index (χ2v) is 5.55. The van der Waals surface area contributed by atoms with Crippen molar-refractivity contribution in [3.05, 3.63) is 35.4 Å². The molecule has 1 atom stereocenters. The second kappa shape index (κ2) is 6.14. The topological polar surface area (TPSA) is 20.3 Å². The van der Waals surface area contributed by atoms with Crippen molar-refractivity contribution in [1.29, 1.82) is 0 Å². The molecule has 0 saturated carbocycles. The standard InChI is InChI=1S/C16H23NO/c1-13-6-5-10-17(11-9-13)12-16(18)15-8-4-3-7-14(15)2/h3-4,7-8,13H,5-6,9-12H2,1-2H3. The van der Waals surface area contributed by atoms with Crippen molar-refractivity contribution in [2.24, 2.45) is 5.92 Å². The average Bonchev–Trinajstić information content (AvgIpc) is 2.55. The van der Waals surface area contributed by atoms with Gasteiger partial charge in [-0.15, -0.1) is 0 Å². The second-order valence-electron chi connectivity index (χ2n) is 5.55. The van der Waals surface area contributed by atoms with E-state index in [4.69, 9.17) is 0 Å². The van der Waals surface area contributed by atoms with Crippen molar-refractivity contribution in [3.8, 4) is 0 Å². The number of carbonyl (C=O) groups is 1. The van der Waals surface area contributed by atoms with Gasteiger partial charge in [0.05, 0.1) is 6.54 Å². The molecule has 1 aliphatic heterocycles. The molecular formula is C16H23NO. The van der Waals surface area contributed by atoms with Crippen molar-refractivity contribution < 1.29 is 4.79 Å². The van der Waals surface area contributed by atoms with Crippen molar-refractivity contribution in [1.82, 2.24) is 4.90 Å². The number of Topliss-reactive ketones (excluding diaryl/α,β-unsaturated/α-hetero) is 1. The summed E-state index contributed by atoms with van der Waals surface area (Å²) in [6.07, 6.45) is 3.75. The summed E-state index contributed by atoms with van der Waals surface area (Å²) in [6, 6.07) is 7.89. The zero-order valence-electron chi connectivity index (χ0n) is 11.5. The molecule has 1 heterocycles. The molecule has 0 aromatic heterocycles. The lowest BCUT2D eigenvalue weighted by Crippen LogP contribution is -2.31. The summed E-state index contributed by atoms with van der Waals surface area (Å²) in [5, 5.41) is 0. The van der Waals surface area contributed by atoms with Gasteiger partial charge in [0.15, 0.2) is 5.78 Å². The van der Waals surface area contributed by atoms with Gasteiger partial charge >= 0.3 is 0 Å². The summed E-state index contributed by atoms with van der Waals surface area (Å²) >= 11 is 0. The first-order chi connectivity index (χ1) is 8.66. The Bertz CT molecular complexity index is 413. The molecule has 1 aromatic rings. The van der Waals surface area contributed by atoms with Crippen LogP contribution in [0.4, 0.5) is 0 Å². The maximum Gasteiger partial charge on any atom is 0.177 e. The lowest BCUT2D eigenvalue weighted by atomic mass is 10.0. The van der Waals surface area contributed by atoms with E-state index in [1.807, 2.05) is 31.2 Å². The van der Waals surface area contributed by atoms with Gasteiger partial charge < -0.3 is 0 Å². The Morgan fingerprint density at radius 2 is 2.06 bits per heavy atom. The van der Waals surface area contributed by atoms with Gasteiger partial charge in [-0.1, -0.05) is 31.2 Å². The molecule has 2 heteroatoms. The number of hydrogen-bond donors (Lipinski definition) is 0. The van der Waals surface area contributed by atoms with Crippen LogP contribution < -0.4 is 0 Å². The molecule has 2 rings (SSSR count). The molecule has 1 saturated heterocycles. The van der Waals surface area contributed by atoms with Gasteiger partial charge in [0, 0.05) is 5.56 Å². The Morgan fingerprint density at radius 1 is 1.28 bits per heavy atom. The third-order valence-electron chi connectivity index (χ3n) is 3.92. The van der Waals surface area contributed by atoms with Crippen molar-refractivity contribution in [3.63, 3.8) is 0 Å². The smallest absolute Gasteiger partial charge is 0.177 e. The summed E-state index contributed by atoms with van der Waals surface area (Å²) < 4.78 is 0. The van der Waals surface area contributed by atoms with E-state index in [1.165, 1.54) is 19.3 Å². The van der Waals surface area contributed by atoms with Crippen LogP contribution in [0.1, 0.15) is 42.1 Å².